The lowest BCUT2D eigenvalue weighted by molar-refractivity contribution is -0.136. The van der Waals surface area contributed by atoms with Crippen molar-refractivity contribution in [3.05, 3.63) is 28.4 Å². The van der Waals surface area contributed by atoms with Crippen molar-refractivity contribution >= 4 is 5.91 Å². The Morgan fingerprint density at radius 3 is 2.59 bits per heavy atom. The Morgan fingerprint density at radius 2 is 1.91 bits per heavy atom. The molecule has 0 atom stereocenters. The number of aromatic nitrogens is 2. The molecular formula is C17H25N3O2. The van der Waals surface area contributed by atoms with Crippen molar-refractivity contribution in [3.8, 4) is 0 Å². The molecule has 1 aromatic rings. The maximum absolute atomic E-state index is 12.4. The van der Waals surface area contributed by atoms with Gasteiger partial charge >= 0.3 is 0 Å². The van der Waals surface area contributed by atoms with E-state index in [4.69, 9.17) is 0 Å². The van der Waals surface area contributed by atoms with Crippen LogP contribution in [0.4, 0.5) is 0 Å². The van der Waals surface area contributed by atoms with E-state index >= 15 is 0 Å². The predicted octanol–water partition coefficient (Wildman–Crippen LogP) is 1.98. The third-order valence-electron chi connectivity index (χ3n) is 5.16. The highest BCUT2D eigenvalue weighted by Crippen LogP contribution is 2.28. The van der Waals surface area contributed by atoms with E-state index in [9.17, 15) is 9.59 Å². The highest BCUT2D eigenvalue weighted by molar-refractivity contribution is 5.79. The van der Waals surface area contributed by atoms with Crippen LogP contribution in [-0.2, 0) is 11.3 Å². The maximum Gasteiger partial charge on any atom is 0.256 e. The standard InChI is InChI=1S/C17H25N3O2/c1-13-10-18-12-20(16(13)21)11-14-6-8-19(9-7-14)17(22)15-4-2-3-5-15/h10,12,14-15H,2-9,11H2,1H3. The first kappa shape index (κ1) is 15.3. The molecule has 1 aromatic heterocycles. The highest BCUT2D eigenvalue weighted by Gasteiger charge is 2.30. The van der Waals surface area contributed by atoms with Gasteiger partial charge in [0.1, 0.15) is 0 Å². The zero-order valence-corrected chi connectivity index (χ0v) is 13.3. The van der Waals surface area contributed by atoms with Crippen LogP contribution in [0.25, 0.3) is 0 Å². The number of carbonyl (C=O) groups is 1. The summed E-state index contributed by atoms with van der Waals surface area (Å²) in [6, 6.07) is 0. The largest absolute Gasteiger partial charge is 0.342 e. The topological polar surface area (TPSA) is 55.2 Å². The van der Waals surface area contributed by atoms with Gasteiger partial charge in [0.15, 0.2) is 0 Å². The van der Waals surface area contributed by atoms with Gasteiger partial charge in [-0.2, -0.15) is 0 Å². The molecule has 0 N–H and O–H groups in total. The van der Waals surface area contributed by atoms with Crippen LogP contribution < -0.4 is 5.56 Å². The summed E-state index contributed by atoms with van der Waals surface area (Å²) in [6.45, 7) is 4.20. The molecule has 1 saturated carbocycles. The van der Waals surface area contributed by atoms with Crippen molar-refractivity contribution in [1.82, 2.24) is 14.5 Å². The van der Waals surface area contributed by atoms with Gasteiger partial charge in [-0.3, -0.25) is 14.2 Å². The van der Waals surface area contributed by atoms with Crippen LogP contribution in [0, 0.1) is 18.8 Å². The third kappa shape index (κ3) is 3.23. The van der Waals surface area contributed by atoms with E-state index in [1.165, 1.54) is 12.8 Å². The van der Waals surface area contributed by atoms with Gasteiger partial charge in [-0.05, 0) is 38.5 Å². The fourth-order valence-electron chi connectivity index (χ4n) is 3.73. The summed E-state index contributed by atoms with van der Waals surface area (Å²) in [5.41, 5.74) is 0.746. The van der Waals surface area contributed by atoms with E-state index in [1.807, 2.05) is 4.90 Å². The summed E-state index contributed by atoms with van der Waals surface area (Å²) in [6.07, 6.45) is 9.77. The molecule has 5 heteroatoms. The Hall–Kier alpha value is -1.65. The fourth-order valence-corrected chi connectivity index (χ4v) is 3.73. The van der Waals surface area contributed by atoms with Crippen LogP contribution >= 0.6 is 0 Å². The van der Waals surface area contributed by atoms with E-state index in [0.29, 0.717) is 17.4 Å². The first-order chi connectivity index (χ1) is 10.6. The average molecular weight is 303 g/mol. The summed E-state index contributed by atoms with van der Waals surface area (Å²) in [5, 5.41) is 0. The predicted molar refractivity (Wildman–Crippen MR) is 84.5 cm³/mol. The Bertz CT molecular complexity index is 582. The van der Waals surface area contributed by atoms with Crippen molar-refractivity contribution < 1.29 is 4.79 Å². The van der Waals surface area contributed by atoms with Crippen LogP contribution in [0.2, 0.25) is 0 Å². The lowest BCUT2D eigenvalue weighted by Crippen LogP contribution is -2.42. The second-order valence-corrected chi connectivity index (χ2v) is 6.78. The maximum atomic E-state index is 12.4. The Morgan fingerprint density at radius 1 is 1.23 bits per heavy atom. The summed E-state index contributed by atoms with van der Waals surface area (Å²) in [5.74, 6) is 1.11. The first-order valence-electron chi connectivity index (χ1n) is 8.45. The second kappa shape index (κ2) is 6.63. The van der Waals surface area contributed by atoms with Crippen LogP contribution in [0.1, 0.15) is 44.1 Å². The molecule has 2 aliphatic rings. The Kier molecular flexibility index (Phi) is 4.60. The van der Waals surface area contributed by atoms with Gasteiger partial charge in [0.05, 0.1) is 6.33 Å². The molecule has 2 heterocycles. The van der Waals surface area contributed by atoms with Gasteiger partial charge in [-0.25, -0.2) is 4.98 Å². The molecule has 0 unspecified atom stereocenters. The lowest BCUT2D eigenvalue weighted by atomic mass is 9.95. The molecule has 3 rings (SSSR count). The minimum Gasteiger partial charge on any atom is -0.342 e. The molecule has 1 amide bonds. The van der Waals surface area contributed by atoms with Crippen LogP contribution in [0.5, 0.6) is 0 Å². The summed E-state index contributed by atoms with van der Waals surface area (Å²) >= 11 is 0. The first-order valence-corrected chi connectivity index (χ1v) is 8.45. The third-order valence-corrected chi connectivity index (χ3v) is 5.16. The van der Waals surface area contributed by atoms with E-state index in [0.717, 1.165) is 45.3 Å². The SMILES string of the molecule is Cc1cncn(CC2CCN(C(=O)C3CCCC3)CC2)c1=O. The van der Waals surface area contributed by atoms with Gasteiger partial charge in [0.2, 0.25) is 5.91 Å². The second-order valence-electron chi connectivity index (χ2n) is 6.78. The number of piperidine rings is 1. The molecule has 2 fully saturated rings. The summed E-state index contributed by atoms with van der Waals surface area (Å²) in [4.78, 5) is 30.6. The van der Waals surface area contributed by atoms with Gasteiger partial charge in [-0.15, -0.1) is 0 Å². The fraction of sp³-hybridized carbons (Fsp3) is 0.706. The monoisotopic (exact) mass is 303 g/mol. The molecule has 0 aromatic carbocycles. The van der Waals surface area contributed by atoms with Crippen molar-refractivity contribution in [2.45, 2.75) is 52.0 Å². The molecule has 5 nitrogen and oxygen atoms in total. The van der Waals surface area contributed by atoms with Crippen molar-refractivity contribution in [1.29, 1.82) is 0 Å². The van der Waals surface area contributed by atoms with E-state index < -0.39 is 0 Å². The van der Waals surface area contributed by atoms with E-state index in [2.05, 4.69) is 4.98 Å². The van der Waals surface area contributed by atoms with Crippen molar-refractivity contribution in [2.75, 3.05) is 13.1 Å². The quantitative estimate of drug-likeness (QED) is 0.858. The Labute approximate surface area is 131 Å². The molecule has 1 saturated heterocycles. The van der Waals surface area contributed by atoms with Crippen molar-refractivity contribution in [3.63, 3.8) is 0 Å². The average Bonchev–Trinajstić information content (AvgIpc) is 3.06. The normalized spacial score (nSPS) is 20.5. The van der Waals surface area contributed by atoms with Crippen LogP contribution in [0.3, 0.4) is 0 Å². The lowest BCUT2D eigenvalue weighted by Gasteiger charge is -2.33. The van der Waals surface area contributed by atoms with E-state index in [-0.39, 0.29) is 11.5 Å². The zero-order valence-electron chi connectivity index (χ0n) is 13.3. The van der Waals surface area contributed by atoms with Gasteiger partial charge in [-0.1, -0.05) is 12.8 Å². The number of hydrogen-bond donors (Lipinski definition) is 0. The minimum atomic E-state index is 0.0551. The molecule has 22 heavy (non-hydrogen) atoms. The number of nitrogens with zero attached hydrogens (tertiary/aromatic N) is 3. The van der Waals surface area contributed by atoms with Gasteiger partial charge in [0, 0.05) is 37.3 Å². The van der Waals surface area contributed by atoms with Crippen molar-refractivity contribution in [2.24, 2.45) is 11.8 Å². The summed E-state index contributed by atoms with van der Waals surface area (Å²) < 4.78 is 1.72. The Balaban J connectivity index is 1.54. The number of likely N-dealkylation sites (tertiary alicyclic amines) is 1. The zero-order chi connectivity index (χ0) is 15.5. The van der Waals surface area contributed by atoms with Crippen LogP contribution in [-0.4, -0.2) is 33.4 Å². The smallest absolute Gasteiger partial charge is 0.256 e. The number of hydrogen-bond acceptors (Lipinski definition) is 3. The summed E-state index contributed by atoms with van der Waals surface area (Å²) in [7, 11) is 0. The molecular weight excluding hydrogens is 278 g/mol. The molecule has 120 valence electrons. The highest BCUT2D eigenvalue weighted by atomic mass is 16.2. The van der Waals surface area contributed by atoms with E-state index in [1.54, 1.807) is 24.0 Å². The molecule has 1 aliphatic heterocycles. The molecule has 1 aliphatic carbocycles. The minimum absolute atomic E-state index is 0.0551. The number of carbonyl (C=O) groups excluding carboxylic acids is 1. The van der Waals surface area contributed by atoms with Crippen LogP contribution in [0.15, 0.2) is 17.3 Å². The van der Waals surface area contributed by atoms with Gasteiger partial charge in [0.25, 0.3) is 5.56 Å². The molecule has 0 bridgehead atoms. The number of amides is 1. The number of rotatable bonds is 3. The van der Waals surface area contributed by atoms with Gasteiger partial charge < -0.3 is 4.90 Å². The molecule has 0 radical (unpaired) electrons. The molecule has 0 spiro atoms. The number of aryl methyl sites for hydroxylation is 1.